The Morgan fingerprint density at radius 2 is 0.729 bits per heavy atom. The molecule has 33 nitrogen and oxygen atoms in total. The van der Waals surface area contributed by atoms with Crippen LogP contribution in [0.5, 0.6) is 0 Å². The second kappa shape index (κ2) is 44.1. The molecule has 0 spiro atoms. The highest BCUT2D eigenvalue weighted by Gasteiger charge is 2.63. The number of alkyl halides is 3. The Labute approximate surface area is 788 Å². The van der Waals surface area contributed by atoms with Crippen LogP contribution in [0.3, 0.4) is 0 Å². The number of carbonyl (C=O) groups is 6. The predicted molar refractivity (Wildman–Crippen MR) is 540 cm³/mol. The number of ether oxygens (including phenoxy) is 7. The first-order valence-electron chi connectivity index (χ1n) is 42.2. The number of hydrogen-bond donors (Lipinski definition) is 14. The largest absolute Gasteiger partial charge is 0.389 e. The minimum atomic E-state index is -1.47. The zero-order valence-corrected chi connectivity index (χ0v) is 86.5. The lowest BCUT2D eigenvalue weighted by Crippen LogP contribution is -2.53. The molecule has 13 aliphatic rings. The summed E-state index contributed by atoms with van der Waals surface area (Å²) in [6, 6.07) is 0. The third-order valence-corrected chi connectivity index (χ3v) is 34.7. The zero-order chi connectivity index (χ0) is 96.9. The molecule has 129 heavy (non-hydrogen) atoms. The second-order valence-electron chi connectivity index (χ2n) is 38.8. The van der Waals surface area contributed by atoms with Crippen LogP contribution in [0.4, 0.5) is 0 Å². The smallest absolute Gasteiger partial charge is 0.250 e. The minimum absolute atomic E-state index is 0.0877. The van der Waals surface area contributed by atoms with E-state index in [1.165, 1.54) is 65.6 Å². The van der Waals surface area contributed by atoms with Crippen molar-refractivity contribution < 1.29 is 103 Å². The summed E-state index contributed by atoms with van der Waals surface area (Å²) in [7, 11) is 0. The van der Waals surface area contributed by atoms with Crippen molar-refractivity contribution in [1.82, 2.24) is 61.3 Å². The Hall–Kier alpha value is -4.80. The van der Waals surface area contributed by atoms with Gasteiger partial charge in [0, 0.05) is 73.7 Å². The Morgan fingerprint density at radius 1 is 0.411 bits per heavy atom. The third-order valence-electron chi connectivity index (χ3n) is 23.1. The van der Waals surface area contributed by atoms with E-state index in [1.54, 1.807) is 51.3 Å². The van der Waals surface area contributed by atoms with Crippen LogP contribution in [-0.2, 0) is 61.9 Å². The monoisotopic (exact) mass is 2110 g/mol. The van der Waals surface area contributed by atoms with Gasteiger partial charge in [0.2, 0.25) is 0 Å². The molecule has 0 aromatic carbocycles. The van der Waals surface area contributed by atoms with Crippen molar-refractivity contribution in [3.63, 3.8) is 0 Å². The predicted octanol–water partition coefficient (Wildman–Crippen LogP) is 4.97. The first kappa shape index (κ1) is 110. The van der Waals surface area contributed by atoms with Gasteiger partial charge >= 0.3 is 0 Å². The van der Waals surface area contributed by atoms with Crippen molar-refractivity contribution in [1.29, 1.82) is 0 Å². The molecule has 13 heterocycles. The van der Waals surface area contributed by atoms with Gasteiger partial charge in [0.15, 0.2) is 31.1 Å². The fourth-order valence-corrected chi connectivity index (χ4v) is 23.3. The second-order valence-corrected chi connectivity index (χ2v) is 67.7. The van der Waals surface area contributed by atoms with E-state index in [0.717, 1.165) is 62.7 Å². The molecule has 7 saturated heterocycles. The van der Waals surface area contributed by atoms with E-state index in [2.05, 4.69) is 228 Å². The maximum absolute atomic E-state index is 11.3. The zero-order valence-electron chi connectivity index (χ0n) is 76.6. The maximum atomic E-state index is 11.3. The van der Waals surface area contributed by atoms with Gasteiger partial charge in [0.1, 0.15) is 94.4 Å². The first-order chi connectivity index (χ1) is 59.3. The fourth-order valence-electron chi connectivity index (χ4n) is 15.4. The van der Waals surface area contributed by atoms with Crippen molar-refractivity contribution in [2.45, 2.75) is 194 Å². The van der Waals surface area contributed by atoms with E-state index < -0.39 is 143 Å². The number of aliphatic hydroxyl groups excluding tert-OH is 7. The van der Waals surface area contributed by atoms with Crippen LogP contribution < -0.4 is 31.9 Å². The highest BCUT2D eigenvalue weighted by atomic mass is 127. The van der Waals surface area contributed by atoms with Crippen LogP contribution in [-0.4, -0.2) is 409 Å². The first-order valence-corrected chi connectivity index (χ1v) is 63.1. The maximum Gasteiger partial charge on any atom is 0.250 e. The van der Waals surface area contributed by atoms with Gasteiger partial charge in [-0.3, -0.25) is 28.8 Å². The molecule has 0 saturated carbocycles. The van der Waals surface area contributed by atoms with E-state index in [-0.39, 0.29) is 75.0 Å². The molecule has 42 heteroatoms. The summed E-state index contributed by atoms with van der Waals surface area (Å²) in [5.41, 5.74) is -3.00. The summed E-state index contributed by atoms with van der Waals surface area (Å²) >= 11 is 12.0. The number of aliphatic hydroxyl groups is 8. The van der Waals surface area contributed by atoms with E-state index in [4.69, 9.17) is 44.8 Å². The number of rotatable bonds is 24. The SMILES string of the molecule is C=C1NC(=O)C=CN1C1O[C@@]2(CCP(=C)(C)C)CO[C@@H]1[C@@H]2O.C=C1NC(=O)C=CN1C1O[C@H](CCP(=C)(C)C)[C@@H](O)[C@H]1Br.C=C1NC(=O)C=CN1C1O[C@H](CCP(=C)(C)C)[C@@H](O)[C@H]1Cl.C=C1NC(=O)C=CN1C1O[C@H](CCP(=C)(C)C)[C@@H](O)[C@H]1I.C=C1NC(=O)C=CN1C1O[C@H](CCP(=C)(C)C)[C@@H](O)[C@]1(C)O.C=C1NC(=O)C=CN1C1O[C@](C)(CCP(=C)(C)C)[C@@H](O)[C@H]1O. The van der Waals surface area contributed by atoms with Crippen LogP contribution in [0.15, 0.2) is 148 Å². The molecular formula is C87H139BrClIN12O21P6. The van der Waals surface area contributed by atoms with Crippen molar-refractivity contribution >= 4 is 165 Å². The number of carbonyl (C=O) groups excluding carboxylic acids is 6. The van der Waals surface area contributed by atoms with Crippen molar-refractivity contribution in [2.75, 3.05) is 124 Å². The lowest BCUT2D eigenvalue weighted by molar-refractivity contribution is -0.182. The van der Waals surface area contributed by atoms with Gasteiger partial charge in [-0.2, -0.15) is 0 Å². The number of hydrogen-bond acceptors (Lipinski definition) is 27. The van der Waals surface area contributed by atoms with Crippen molar-refractivity contribution in [3.8, 4) is 0 Å². The van der Waals surface area contributed by atoms with Crippen LogP contribution in [0.2, 0.25) is 0 Å². The molecule has 0 radical (unpaired) electrons. The standard InChI is InChI=1S/C15H23N2O4P.2C15H25N2O4P.C14H22BrN2O3P.C14H22ClN2O3P.C14H22IN2O3P/c1-10-16-11(18)5-7-17(10)14-12-13(19)15(21-14,9-20-12)6-8-22(2,3)4;1-10-16-12(18)6-8-17(10)14-15(2,20)13(19)11(21-14)7-9-22(3,4)5;1-10-16-11(18)6-8-17(10)14-12(19)13(20)15(2,21-14)7-9-22(3,4)5;3*1-9-16-11(18)5-7-17(9)14-12(15)13(19)10(20-14)6-8-21(2,3)4/h5,7,12-14,19H,1-2,6,8-9H2,3-4H3,(H,16,18);6,8,11,13-14,19-20H,1,3,7,9H2,2,4-5H3,(H,16,18);6,8,12-14,19-20H,1,3,7,9H2,2,4-5H3,(H,16,18);3*5,7,10,12-14,19H,1-2,6,8H2,3-4H3,(H,16,18)/t12-,13+,14?,15+;11-,13-,14?,15+;12-,13+,14?,15-;3*10-,12-,13-,14?/m111111/s1. The average molecular weight is 2120 g/mol. The van der Waals surface area contributed by atoms with Gasteiger partial charge in [0.05, 0.1) is 57.6 Å². The summed E-state index contributed by atoms with van der Waals surface area (Å²) < 4.78 is 41.6. The average Bonchev–Trinajstić information content (AvgIpc) is 1.57. The lowest BCUT2D eigenvalue weighted by atomic mass is 9.94. The quantitative estimate of drug-likeness (QED) is 0.0344. The molecule has 13 rings (SSSR count). The molecule has 13 aliphatic heterocycles. The molecule has 724 valence electrons. The molecule has 2 bridgehead atoms. The number of amides is 6. The fraction of sp³-hybridized carbons (Fsp3) is 0.586. The normalized spacial score (nSPS) is 35.0. The van der Waals surface area contributed by atoms with E-state index in [1.807, 2.05) is 0 Å². The minimum Gasteiger partial charge on any atom is -0.389 e. The number of nitrogens with zero attached hydrogens (tertiary/aromatic N) is 6. The molecule has 6 amide bonds. The molecule has 7 fully saturated rings. The van der Waals surface area contributed by atoms with Crippen LogP contribution in [0, 0.1) is 0 Å². The molecule has 0 aromatic heterocycles. The van der Waals surface area contributed by atoms with Gasteiger partial charge in [-0.1, -0.05) is 78.0 Å². The lowest BCUT2D eigenvalue weighted by Gasteiger charge is -2.38. The summed E-state index contributed by atoms with van der Waals surface area (Å²) in [5.74, 6) is 0.985. The van der Waals surface area contributed by atoms with Gasteiger partial charge in [-0.15, -0.1) is 90.7 Å². The Morgan fingerprint density at radius 3 is 1.12 bits per heavy atom. The topological polar surface area (TPSA) is 420 Å². The summed E-state index contributed by atoms with van der Waals surface area (Å²) in [6.07, 6.45) is 42.1. The van der Waals surface area contributed by atoms with Gasteiger partial charge in [-0.25, -0.2) is 0 Å². The molecule has 14 N–H and O–H groups in total. The third kappa shape index (κ3) is 29.6. The van der Waals surface area contributed by atoms with Crippen molar-refractivity contribution in [2.24, 2.45) is 0 Å². The summed E-state index contributed by atoms with van der Waals surface area (Å²) in [5, 5.41) is 98.4. The highest BCUT2D eigenvalue weighted by Crippen LogP contribution is 2.50. The van der Waals surface area contributed by atoms with E-state index >= 15 is 0 Å². The number of nitrogens with one attached hydrogen (secondary N) is 6. The Balaban J connectivity index is 0.000000191. The van der Waals surface area contributed by atoms with E-state index in [9.17, 15) is 69.6 Å². The van der Waals surface area contributed by atoms with Crippen molar-refractivity contribution in [3.05, 3.63) is 148 Å². The van der Waals surface area contributed by atoms with Crippen LogP contribution >= 0.6 is 91.4 Å². The molecule has 0 aromatic rings. The summed E-state index contributed by atoms with van der Waals surface area (Å²) in [4.78, 5) is 77.4. The molecule has 6 unspecified atom stereocenters. The highest BCUT2D eigenvalue weighted by molar-refractivity contribution is 14.1. The molecular weight excluding hydrogens is 1980 g/mol. The van der Waals surface area contributed by atoms with Gasteiger partial charge in [0.25, 0.3) is 35.4 Å². The molecule has 0 aliphatic carbocycles. The number of fused-ring (bicyclic) bond motifs is 2. The van der Waals surface area contributed by atoms with Gasteiger partial charge in [-0.05, 0) is 169 Å². The Bertz CT molecular complexity index is 4470. The number of halogens is 3. The van der Waals surface area contributed by atoms with Gasteiger partial charge < -0.3 is 135 Å². The summed E-state index contributed by atoms with van der Waals surface area (Å²) in [6.45, 7) is 45.2. The Kier molecular flexibility index (Phi) is 37.5. The van der Waals surface area contributed by atoms with Crippen LogP contribution in [0.25, 0.3) is 0 Å². The van der Waals surface area contributed by atoms with E-state index in [0.29, 0.717) is 54.4 Å². The molecule has 24 atom stereocenters. The van der Waals surface area contributed by atoms with Crippen LogP contribution in [0.1, 0.15) is 52.4 Å².